The third-order valence-corrected chi connectivity index (χ3v) is 1.73. The van der Waals surface area contributed by atoms with Gasteiger partial charge in [0, 0.05) is 18.3 Å². The van der Waals surface area contributed by atoms with Gasteiger partial charge in [-0.05, 0) is 6.42 Å². The molecule has 0 aromatic carbocycles. The molecule has 46 valence electrons. The Kier molecular flexibility index (Phi) is 1.53. The molecule has 0 fully saturated rings. The molecule has 0 atom stereocenters. The molecule has 0 aliphatic carbocycles. The van der Waals surface area contributed by atoms with Gasteiger partial charge in [0.05, 0.1) is 0 Å². The largest absolute Gasteiger partial charge is 0.346 e. The second-order valence-electron chi connectivity index (χ2n) is 1.60. The van der Waals surface area contributed by atoms with E-state index in [1.807, 2.05) is 6.92 Å². The number of hydrogen-bond acceptors (Lipinski definition) is 2. The lowest BCUT2D eigenvalue weighted by atomic mass is 10.5. The zero-order valence-electron chi connectivity index (χ0n) is 4.68. The van der Waals surface area contributed by atoms with E-state index in [0.29, 0.717) is 0 Å². The van der Waals surface area contributed by atoms with E-state index in [4.69, 9.17) is 0 Å². The number of aromatic amines is 1. The lowest BCUT2D eigenvalue weighted by molar-refractivity contribution is 0.678. The Hall–Kier alpha value is -0.510. The standard InChI is InChI=1S/C4H8N2OS/c1-2-3-6-4(7)5-8-6/h2-3H2,1H3,(H,5,7). The first-order valence-corrected chi connectivity index (χ1v) is 3.36. The highest BCUT2D eigenvalue weighted by atomic mass is 32.1. The van der Waals surface area contributed by atoms with Crippen LogP contribution in [0.5, 0.6) is 0 Å². The zero-order valence-corrected chi connectivity index (χ0v) is 5.49. The van der Waals surface area contributed by atoms with Crippen LogP contribution in [0.3, 0.4) is 0 Å². The van der Waals surface area contributed by atoms with Crippen LogP contribution in [0.25, 0.3) is 0 Å². The highest BCUT2D eigenvalue weighted by Crippen LogP contribution is 1.89. The molecule has 0 radical (unpaired) electrons. The summed E-state index contributed by atoms with van der Waals surface area (Å²) in [6, 6.07) is 0. The average Bonchev–Trinajstić information content (AvgIpc) is 1.79. The van der Waals surface area contributed by atoms with Crippen LogP contribution in [0.4, 0.5) is 0 Å². The fourth-order valence-corrected chi connectivity index (χ4v) is 1.07. The molecule has 0 saturated heterocycles. The van der Waals surface area contributed by atoms with Crippen LogP contribution in [0.1, 0.15) is 13.3 Å². The summed E-state index contributed by atoms with van der Waals surface area (Å²) >= 11 is 1.37. The second-order valence-corrected chi connectivity index (χ2v) is 2.43. The van der Waals surface area contributed by atoms with E-state index in [0.717, 1.165) is 13.0 Å². The van der Waals surface area contributed by atoms with E-state index >= 15 is 0 Å². The van der Waals surface area contributed by atoms with Crippen molar-refractivity contribution in [3.05, 3.63) is 10.5 Å². The molecular formula is C4H8N2OS. The molecule has 1 aromatic heterocycles. The smallest absolute Gasteiger partial charge is 0.247 e. The van der Waals surface area contributed by atoms with Gasteiger partial charge in [0.15, 0.2) is 0 Å². The number of nitrogens with one attached hydrogen (secondary N) is 1. The zero-order chi connectivity index (χ0) is 5.98. The molecule has 8 heavy (non-hydrogen) atoms. The van der Waals surface area contributed by atoms with Crippen molar-refractivity contribution in [3.63, 3.8) is 0 Å². The van der Waals surface area contributed by atoms with Gasteiger partial charge in [-0.2, -0.15) is 0 Å². The van der Waals surface area contributed by atoms with Gasteiger partial charge in [-0.1, -0.05) is 6.92 Å². The summed E-state index contributed by atoms with van der Waals surface area (Å²) in [5.41, 5.74) is 0.0388. The molecule has 3 nitrogen and oxygen atoms in total. The first-order valence-electron chi connectivity index (χ1n) is 2.59. The van der Waals surface area contributed by atoms with Crippen molar-refractivity contribution in [1.29, 1.82) is 0 Å². The number of rotatable bonds is 2. The number of hydrogen-bond donors (Lipinski definition) is 1. The molecule has 0 spiro atoms. The quantitative estimate of drug-likeness (QED) is 0.630. The average molecular weight is 132 g/mol. The summed E-state index contributed by atoms with van der Waals surface area (Å²) < 4.78 is 4.24. The van der Waals surface area contributed by atoms with Gasteiger partial charge in [-0.25, -0.2) is 13.1 Å². The van der Waals surface area contributed by atoms with Crippen LogP contribution in [0.15, 0.2) is 4.79 Å². The Morgan fingerprint density at radius 3 is 2.75 bits per heavy atom. The Labute approximate surface area is 51.2 Å². The fourth-order valence-electron chi connectivity index (χ4n) is 0.498. The van der Waals surface area contributed by atoms with Gasteiger partial charge >= 0.3 is 5.69 Å². The summed E-state index contributed by atoms with van der Waals surface area (Å²) in [6.07, 6.45) is 1.03. The molecular weight excluding hydrogens is 124 g/mol. The molecule has 4 heteroatoms. The van der Waals surface area contributed by atoms with E-state index in [9.17, 15) is 4.79 Å². The van der Waals surface area contributed by atoms with Crippen molar-refractivity contribution < 1.29 is 0 Å². The maximum Gasteiger partial charge on any atom is 0.346 e. The van der Waals surface area contributed by atoms with Gasteiger partial charge in [0.1, 0.15) is 0 Å². The molecule has 1 heterocycles. The predicted octanol–water partition coefficient (Wildman–Crippen LogP) is 0.648. The minimum Gasteiger partial charge on any atom is -0.247 e. The van der Waals surface area contributed by atoms with Gasteiger partial charge in [-0.15, -0.1) is 0 Å². The summed E-state index contributed by atoms with van der Waals surface area (Å²) in [5.74, 6) is 0. The molecule has 0 bridgehead atoms. The summed E-state index contributed by atoms with van der Waals surface area (Å²) in [6.45, 7) is 2.91. The minimum absolute atomic E-state index is 0.0388. The van der Waals surface area contributed by atoms with Crippen molar-refractivity contribution in [1.82, 2.24) is 8.33 Å². The first kappa shape index (κ1) is 5.62. The normalized spacial score (nSPS) is 10.1. The van der Waals surface area contributed by atoms with Gasteiger partial charge < -0.3 is 0 Å². The summed E-state index contributed by atoms with van der Waals surface area (Å²) in [4.78, 5) is 10.4. The topological polar surface area (TPSA) is 37.8 Å². The van der Waals surface area contributed by atoms with Crippen molar-refractivity contribution in [3.8, 4) is 0 Å². The van der Waals surface area contributed by atoms with Crippen molar-refractivity contribution in [2.24, 2.45) is 0 Å². The van der Waals surface area contributed by atoms with E-state index in [2.05, 4.69) is 4.37 Å². The molecule has 0 aliphatic rings. The van der Waals surface area contributed by atoms with E-state index in [1.165, 1.54) is 11.7 Å². The van der Waals surface area contributed by atoms with Crippen molar-refractivity contribution in [2.75, 3.05) is 0 Å². The summed E-state index contributed by atoms with van der Waals surface area (Å²) in [5, 5.41) is 0. The maximum absolute atomic E-state index is 10.4. The van der Waals surface area contributed by atoms with Crippen molar-refractivity contribution >= 4 is 11.7 Å². The van der Waals surface area contributed by atoms with Crippen molar-refractivity contribution in [2.45, 2.75) is 19.9 Å². The highest BCUT2D eigenvalue weighted by molar-refractivity contribution is 7.00. The predicted molar refractivity (Wildman–Crippen MR) is 33.2 cm³/mol. The molecule has 0 amide bonds. The van der Waals surface area contributed by atoms with E-state index < -0.39 is 0 Å². The van der Waals surface area contributed by atoms with Crippen LogP contribution in [0, 0.1) is 0 Å². The lowest BCUT2D eigenvalue weighted by Gasteiger charge is -2.00. The number of aromatic nitrogens is 2. The molecule has 1 N–H and O–H groups in total. The van der Waals surface area contributed by atoms with E-state index in [1.54, 1.807) is 3.96 Å². The summed E-state index contributed by atoms with van der Waals surface area (Å²) in [7, 11) is 0. The third-order valence-electron chi connectivity index (χ3n) is 0.896. The molecule has 1 aromatic rings. The Balaban J connectivity index is 2.56. The number of aryl methyl sites for hydroxylation is 1. The van der Waals surface area contributed by atoms with Gasteiger partial charge in [-0.3, -0.25) is 0 Å². The fraction of sp³-hybridized carbons (Fsp3) is 0.750. The second kappa shape index (κ2) is 2.17. The monoisotopic (exact) mass is 132 g/mol. The molecule has 1 rings (SSSR count). The van der Waals surface area contributed by atoms with Gasteiger partial charge in [0.2, 0.25) is 0 Å². The number of H-pyrrole nitrogens is 1. The Bertz CT molecular complexity index is 196. The number of nitrogens with zero attached hydrogens (tertiary/aromatic N) is 1. The van der Waals surface area contributed by atoms with E-state index in [-0.39, 0.29) is 5.69 Å². The van der Waals surface area contributed by atoms with Crippen LogP contribution < -0.4 is 5.69 Å². The maximum atomic E-state index is 10.4. The lowest BCUT2D eigenvalue weighted by Crippen LogP contribution is -2.24. The van der Waals surface area contributed by atoms with Crippen LogP contribution >= 0.6 is 11.7 Å². The van der Waals surface area contributed by atoms with Crippen LogP contribution in [0.2, 0.25) is 0 Å². The first-order chi connectivity index (χ1) is 3.84. The molecule has 0 saturated carbocycles. The van der Waals surface area contributed by atoms with Gasteiger partial charge in [0.25, 0.3) is 0 Å². The minimum atomic E-state index is 0.0388. The molecule has 0 unspecified atom stereocenters. The third kappa shape index (κ3) is 0.838. The highest BCUT2D eigenvalue weighted by Gasteiger charge is 1.94. The molecule has 0 aliphatic heterocycles. The Morgan fingerprint density at radius 1 is 1.88 bits per heavy atom. The van der Waals surface area contributed by atoms with Crippen LogP contribution in [-0.2, 0) is 6.54 Å². The van der Waals surface area contributed by atoms with Crippen LogP contribution in [-0.4, -0.2) is 8.33 Å². The Morgan fingerprint density at radius 2 is 2.62 bits per heavy atom. The SMILES string of the molecule is CCCn1s[nH]c1=O.